The van der Waals surface area contributed by atoms with Crippen LogP contribution in [-0.4, -0.2) is 58.0 Å². The van der Waals surface area contributed by atoms with Gasteiger partial charge in [-0.3, -0.25) is 0 Å². The van der Waals surface area contributed by atoms with Crippen molar-refractivity contribution in [1.82, 2.24) is 0 Å². The van der Waals surface area contributed by atoms with E-state index >= 15 is 0 Å². The van der Waals surface area contributed by atoms with E-state index in [0.29, 0.717) is 0 Å². The Labute approximate surface area is 142 Å². The smallest absolute Gasteiger partial charge is 0.154 e. The van der Waals surface area contributed by atoms with E-state index in [4.69, 9.17) is 18.9 Å². The lowest BCUT2D eigenvalue weighted by molar-refractivity contribution is -0.123. The molecular formula is C16H38O4Si2. The first-order valence-corrected chi connectivity index (χ1v) is 13.2. The summed E-state index contributed by atoms with van der Waals surface area (Å²) in [5.41, 5.74) is 0. The summed E-state index contributed by atoms with van der Waals surface area (Å²) in [5.74, 6) is 0. The van der Waals surface area contributed by atoms with Crippen LogP contribution in [0.15, 0.2) is 0 Å². The van der Waals surface area contributed by atoms with Gasteiger partial charge in [-0.25, -0.2) is 0 Å². The molecule has 0 radical (unpaired) electrons. The highest BCUT2D eigenvalue weighted by Crippen LogP contribution is 2.09. The van der Waals surface area contributed by atoms with Gasteiger partial charge in [-0.05, 0) is 39.8 Å². The molecule has 0 aromatic rings. The molecule has 0 unspecified atom stereocenters. The van der Waals surface area contributed by atoms with Crippen LogP contribution in [0.5, 0.6) is 0 Å². The van der Waals surface area contributed by atoms with E-state index in [1.807, 2.05) is 27.7 Å². The maximum absolute atomic E-state index is 5.59. The first kappa shape index (κ1) is 22.3. The predicted molar refractivity (Wildman–Crippen MR) is 99.6 cm³/mol. The summed E-state index contributed by atoms with van der Waals surface area (Å²) in [5, 5.41) is 0. The highest BCUT2D eigenvalue weighted by molar-refractivity contribution is 6.36. The Hall–Kier alpha value is 0.274. The molecule has 0 rings (SSSR count). The minimum absolute atomic E-state index is 0.0268. The first-order chi connectivity index (χ1) is 10.8. The Morgan fingerprint density at radius 1 is 0.591 bits per heavy atom. The number of hydrogen-bond acceptors (Lipinski definition) is 4. The van der Waals surface area contributed by atoms with E-state index in [1.54, 1.807) is 0 Å². The van der Waals surface area contributed by atoms with Crippen molar-refractivity contribution in [2.45, 2.75) is 77.3 Å². The van der Waals surface area contributed by atoms with Crippen molar-refractivity contribution in [2.24, 2.45) is 0 Å². The fraction of sp³-hybridized carbons (Fsp3) is 1.00. The van der Waals surface area contributed by atoms with Crippen LogP contribution in [-0.2, 0) is 18.9 Å². The van der Waals surface area contributed by atoms with Gasteiger partial charge in [-0.2, -0.15) is 0 Å². The van der Waals surface area contributed by atoms with Gasteiger partial charge in [0.05, 0.1) is 0 Å². The zero-order valence-electron chi connectivity index (χ0n) is 15.3. The van der Waals surface area contributed by atoms with E-state index in [-0.39, 0.29) is 31.6 Å². The number of ether oxygens (including phenoxy) is 4. The van der Waals surface area contributed by atoms with Gasteiger partial charge in [0, 0.05) is 45.5 Å². The van der Waals surface area contributed by atoms with Crippen LogP contribution in [0.25, 0.3) is 0 Å². The van der Waals surface area contributed by atoms with Gasteiger partial charge in [0.1, 0.15) is 0 Å². The second-order valence-electron chi connectivity index (χ2n) is 5.38. The molecular weight excluding hydrogens is 312 g/mol. The summed E-state index contributed by atoms with van der Waals surface area (Å²) in [4.78, 5) is 0. The quantitative estimate of drug-likeness (QED) is 0.229. The predicted octanol–water partition coefficient (Wildman–Crippen LogP) is 2.58. The SMILES string of the molecule is CCOC(C[SiH2]CCCC[SiH2]CC(OCC)OCC)OCC. The average Bonchev–Trinajstić information content (AvgIpc) is 2.50. The molecule has 134 valence electrons. The topological polar surface area (TPSA) is 36.9 Å². The Bertz CT molecular complexity index is 186. The lowest BCUT2D eigenvalue weighted by Crippen LogP contribution is -2.19. The number of rotatable bonds is 17. The van der Waals surface area contributed by atoms with Crippen molar-refractivity contribution >= 4 is 19.0 Å². The van der Waals surface area contributed by atoms with Gasteiger partial charge in [0.15, 0.2) is 12.6 Å². The molecule has 0 aromatic heterocycles. The fourth-order valence-electron chi connectivity index (χ4n) is 2.50. The van der Waals surface area contributed by atoms with Crippen LogP contribution >= 0.6 is 0 Å². The molecule has 4 nitrogen and oxygen atoms in total. The third-order valence-electron chi connectivity index (χ3n) is 3.54. The fourth-order valence-corrected chi connectivity index (χ4v) is 5.83. The molecule has 0 aliphatic rings. The van der Waals surface area contributed by atoms with Crippen LogP contribution in [0.4, 0.5) is 0 Å². The van der Waals surface area contributed by atoms with E-state index in [9.17, 15) is 0 Å². The molecule has 0 amide bonds. The van der Waals surface area contributed by atoms with E-state index < -0.39 is 0 Å². The van der Waals surface area contributed by atoms with Crippen LogP contribution in [0.2, 0.25) is 24.2 Å². The second kappa shape index (κ2) is 17.6. The van der Waals surface area contributed by atoms with Crippen molar-refractivity contribution in [1.29, 1.82) is 0 Å². The monoisotopic (exact) mass is 350 g/mol. The average molecular weight is 351 g/mol. The molecule has 6 heteroatoms. The molecule has 0 saturated heterocycles. The molecule has 0 aromatic carbocycles. The zero-order valence-corrected chi connectivity index (χ0v) is 18.1. The molecule has 0 aliphatic carbocycles. The van der Waals surface area contributed by atoms with E-state index in [0.717, 1.165) is 38.5 Å². The Morgan fingerprint density at radius 3 is 1.18 bits per heavy atom. The Balaban J connectivity index is 3.44. The van der Waals surface area contributed by atoms with Crippen molar-refractivity contribution < 1.29 is 18.9 Å². The summed E-state index contributed by atoms with van der Waals surface area (Å²) in [6.07, 6.45) is 2.90. The second-order valence-corrected chi connectivity index (χ2v) is 9.36. The molecule has 22 heavy (non-hydrogen) atoms. The van der Waals surface area contributed by atoms with Crippen LogP contribution < -0.4 is 0 Å². The van der Waals surface area contributed by atoms with E-state index in [2.05, 4.69) is 0 Å². The maximum Gasteiger partial charge on any atom is 0.154 e. The van der Waals surface area contributed by atoms with Crippen molar-refractivity contribution in [3.8, 4) is 0 Å². The Morgan fingerprint density at radius 2 is 0.909 bits per heavy atom. The van der Waals surface area contributed by atoms with Crippen LogP contribution in [0, 0.1) is 0 Å². The number of unbranched alkanes of at least 4 members (excludes halogenated alkanes) is 1. The molecule has 0 bridgehead atoms. The summed E-state index contributed by atoms with van der Waals surface area (Å²) in [7, 11) is -0.0536. The lowest BCUT2D eigenvalue weighted by atomic mass is 10.4. The third kappa shape index (κ3) is 13.9. The minimum Gasteiger partial charge on any atom is -0.353 e. The third-order valence-corrected chi connectivity index (χ3v) is 7.30. The molecule has 0 fully saturated rings. The van der Waals surface area contributed by atoms with Gasteiger partial charge in [-0.15, -0.1) is 0 Å². The van der Waals surface area contributed by atoms with Crippen molar-refractivity contribution in [3.63, 3.8) is 0 Å². The summed E-state index contributed by atoms with van der Waals surface area (Å²) in [6, 6.07) is 5.17. The molecule has 0 aliphatic heterocycles. The summed E-state index contributed by atoms with van der Waals surface area (Å²) < 4.78 is 22.4. The van der Waals surface area contributed by atoms with Gasteiger partial charge >= 0.3 is 0 Å². The highest BCUT2D eigenvalue weighted by Gasteiger charge is 2.08. The lowest BCUT2D eigenvalue weighted by Gasteiger charge is -2.16. The number of hydrogen-bond donors (Lipinski definition) is 0. The highest BCUT2D eigenvalue weighted by atomic mass is 28.2. The molecule has 0 N–H and O–H groups in total. The largest absolute Gasteiger partial charge is 0.353 e. The first-order valence-electron chi connectivity index (χ1n) is 9.24. The van der Waals surface area contributed by atoms with Crippen molar-refractivity contribution in [3.05, 3.63) is 0 Å². The zero-order chi connectivity index (χ0) is 16.5. The van der Waals surface area contributed by atoms with Gasteiger partial charge in [0.2, 0.25) is 0 Å². The molecule has 0 atom stereocenters. The van der Waals surface area contributed by atoms with Crippen LogP contribution in [0.3, 0.4) is 0 Å². The molecule has 0 spiro atoms. The van der Waals surface area contributed by atoms with Gasteiger partial charge < -0.3 is 18.9 Å². The maximum atomic E-state index is 5.59. The van der Waals surface area contributed by atoms with Gasteiger partial charge in [-0.1, -0.05) is 24.9 Å². The molecule has 0 saturated carbocycles. The standard InChI is InChI=1S/C16H38O4Si2/c1-5-17-15(18-6-2)13-21-11-9-10-12-22-14-16(19-7-3)20-8-4/h15-16H,5-14,21-22H2,1-4H3. The van der Waals surface area contributed by atoms with E-state index in [1.165, 1.54) is 24.9 Å². The van der Waals surface area contributed by atoms with Crippen molar-refractivity contribution in [2.75, 3.05) is 26.4 Å². The van der Waals surface area contributed by atoms with Crippen LogP contribution in [0.1, 0.15) is 40.5 Å². The Kier molecular flexibility index (Phi) is 17.8. The summed E-state index contributed by atoms with van der Waals surface area (Å²) in [6.45, 7) is 11.2. The summed E-state index contributed by atoms with van der Waals surface area (Å²) >= 11 is 0. The van der Waals surface area contributed by atoms with Gasteiger partial charge in [0.25, 0.3) is 0 Å². The molecule has 0 heterocycles. The normalized spacial score (nSPS) is 12.8. The minimum atomic E-state index is -0.0268.